The van der Waals surface area contributed by atoms with Crippen molar-refractivity contribution in [1.82, 2.24) is 4.90 Å². The van der Waals surface area contributed by atoms with Crippen LogP contribution in [0.25, 0.3) is 0 Å². The minimum Gasteiger partial charge on any atom is -0.480 e. The molecule has 1 aliphatic heterocycles. The summed E-state index contributed by atoms with van der Waals surface area (Å²) in [5.41, 5.74) is 1.16. The maximum Gasteiger partial charge on any atom is 0.326 e. The number of aryl methyl sites for hydroxylation is 2. The molecule has 0 aromatic carbocycles. The summed E-state index contributed by atoms with van der Waals surface area (Å²) >= 11 is 1.45. The first-order valence-corrected chi connectivity index (χ1v) is 8.12. The summed E-state index contributed by atoms with van der Waals surface area (Å²) in [4.78, 5) is 26.8. The highest BCUT2D eigenvalue weighted by molar-refractivity contribution is 7.14. The Labute approximate surface area is 128 Å². The second kappa shape index (κ2) is 6.58. The fraction of sp³-hybridized carbons (Fsp3) is 0.600. The second-order valence-electron chi connectivity index (χ2n) is 5.36. The number of hydrogen-bond acceptors (Lipinski definition) is 4. The van der Waals surface area contributed by atoms with Gasteiger partial charge in [-0.1, -0.05) is 20.3 Å². The van der Waals surface area contributed by atoms with Crippen molar-refractivity contribution in [3.05, 3.63) is 21.4 Å². The monoisotopic (exact) mass is 311 g/mol. The zero-order valence-corrected chi connectivity index (χ0v) is 13.2. The van der Waals surface area contributed by atoms with Crippen molar-refractivity contribution in [1.29, 1.82) is 0 Å². The molecule has 2 rings (SSSR count). The van der Waals surface area contributed by atoms with Crippen LogP contribution in [0.15, 0.2) is 6.07 Å². The molecule has 116 valence electrons. The molecular weight excluding hydrogens is 290 g/mol. The molecule has 21 heavy (non-hydrogen) atoms. The van der Waals surface area contributed by atoms with Gasteiger partial charge in [-0.25, -0.2) is 4.79 Å². The van der Waals surface area contributed by atoms with Gasteiger partial charge in [0.1, 0.15) is 6.04 Å². The Morgan fingerprint density at radius 3 is 2.71 bits per heavy atom. The molecule has 1 amide bonds. The standard InChI is InChI=1S/C15H21NO4S/c1-3-5-12-9(4-2)6-13(21-12)14(18)16-8-10(17)7-11(16)15(19)20/h6,10-11,17H,3-5,7-8H2,1-2H3,(H,19,20)/t10?,11-/m0/s1. The predicted octanol–water partition coefficient (Wildman–Crippen LogP) is 1.92. The maximum atomic E-state index is 12.6. The van der Waals surface area contributed by atoms with Gasteiger partial charge in [-0.15, -0.1) is 11.3 Å². The second-order valence-corrected chi connectivity index (χ2v) is 6.50. The van der Waals surface area contributed by atoms with E-state index < -0.39 is 18.1 Å². The van der Waals surface area contributed by atoms with Crippen LogP contribution in [0.2, 0.25) is 0 Å². The van der Waals surface area contributed by atoms with Crippen LogP contribution in [0, 0.1) is 0 Å². The quantitative estimate of drug-likeness (QED) is 0.871. The number of aliphatic hydroxyl groups excluding tert-OH is 1. The van der Waals surface area contributed by atoms with E-state index in [4.69, 9.17) is 0 Å². The van der Waals surface area contributed by atoms with Gasteiger partial charge in [-0.2, -0.15) is 0 Å². The molecule has 1 aromatic heterocycles. The van der Waals surface area contributed by atoms with Crippen molar-refractivity contribution in [2.45, 2.75) is 51.7 Å². The van der Waals surface area contributed by atoms with Crippen LogP contribution in [0.5, 0.6) is 0 Å². The highest BCUT2D eigenvalue weighted by Gasteiger charge is 2.39. The molecule has 2 atom stereocenters. The number of amides is 1. The Hall–Kier alpha value is -1.40. The number of hydrogen-bond donors (Lipinski definition) is 2. The number of aliphatic hydroxyl groups is 1. The van der Waals surface area contributed by atoms with Gasteiger partial charge in [0.05, 0.1) is 11.0 Å². The lowest BCUT2D eigenvalue weighted by Crippen LogP contribution is -2.40. The number of rotatable bonds is 5. The van der Waals surface area contributed by atoms with Crippen LogP contribution >= 0.6 is 11.3 Å². The Kier molecular flexibility index (Phi) is 5.00. The molecule has 2 heterocycles. The SMILES string of the molecule is CCCc1sc(C(=O)N2CC(O)C[C@H]2C(=O)O)cc1CC. The van der Waals surface area contributed by atoms with Crippen LogP contribution in [0.4, 0.5) is 0 Å². The van der Waals surface area contributed by atoms with E-state index in [1.54, 1.807) is 0 Å². The van der Waals surface area contributed by atoms with Gasteiger partial charge in [-0.05, 0) is 24.5 Å². The van der Waals surface area contributed by atoms with Crippen LogP contribution in [0.1, 0.15) is 46.8 Å². The van der Waals surface area contributed by atoms with E-state index in [-0.39, 0.29) is 18.9 Å². The molecule has 0 saturated carbocycles. The average molecular weight is 311 g/mol. The van der Waals surface area contributed by atoms with E-state index in [9.17, 15) is 19.8 Å². The Bertz CT molecular complexity index is 540. The summed E-state index contributed by atoms with van der Waals surface area (Å²) < 4.78 is 0. The van der Waals surface area contributed by atoms with Crippen LogP contribution in [0.3, 0.4) is 0 Å². The molecule has 2 N–H and O–H groups in total. The highest BCUT2D eigenvalue weighted by Crippen LogP contribution is 2.28. The number of β-amino-alcohol motifs (C(OH)–C–C–N with tert-alkyl or cyclic N) is 1. The summed E-state index contributed by atoms with van der Waals surface area (Å²) in [6, 6.07) is 0.955. The molecule has 0 radical (unpaired) electrons. The van der Waals surface area contributed by atoms with Gasteiger partial charge in [0, 0.05) is 17.8 Å². The largest absolute Gasteiger partial charge is 0.480 e. The first kappa shape index (κ1) is 16.0. The van der Waals surface area contributed by atoms with Crippen molar-refractivity contribution in [2.75, 3.05) is 6.54 Å². The van der Waals surface area contributed by atoms with Crippen LogP contribution in [-0.4, -0.2) is 45.7 Å². The summed E-state index contributed by atoms with van der Waals surface area (Å²) in [5, 5.41) is 18.8. The third-order valence-corrected chi connectivity index (χ3v) is 5.02. The van der Waals surface area contributed by atoms with E-state index >= 15 is 0 Å². The minimum atomic E-state index is -1.05. The van der Waals surface area contributed by atoms with Gasteiger partial charge in [-0.3, -0.25) is 4.79 Å². The molecule has 0 spiro atoms. The molecule has 1 aromatic rings. The van der Waals surface area contributed by atoms with Crippen LogP contribution in [-0.2, 0) is 17.6 Å². The lowest BCUT2D eigenvalue weighted by Gasteiger charge is -2.20. The van der Waals surface area contributed by atoms with Gasteiger partial charge in [0.2, 0.25) is 0 Å². The number of carboxylic acid groups (broad SMARTS) is 1. The molecule has 1 unspecified atom stereocenters. The smallest absolute Gasteiger partial charge is 0.326 e. The molecular formula is C15H21NO4S. The lowest BCUT2D eigenvalue weighted by atomic mass is 10.1. The van der Waals surface area contributed by atoms with Crippen molar-refractivity contribution in [2.24, 2.45) is 0 Å². The number of aliphatic carboxylic acids is 1. The topological polar surface area (TPSA) is 77.8 Å². The lowest BCUT2D eigenvalue weighted by molar-refractivity contribution is -0.141. The molecule has 6 heteroatoms. The summed E-state index contributed by atoms with van der Waals surface area (Å²) in [6.07, 6.45) is 2.17. The third kappa shape index (κ3) is 3.27. The molecule has 0 aliphatic carbocycles. The minimum absolute atomic E-state index is 0.0955. The van der Waals surface area contributed by atoms with Crippen molar-refractivity contribution >= 4 is 23.2 Å². The van der Waals surface area contributed by atoms with Gasteiger partial charge in [0.15, 0.2) is 0 Å². The third-order valence-electron chi connectivity index (χ3n) is 3.79. The fourth-order valence-corrected chi connectivity index (χ4v) is 4.04. The fourth-order valence-electron chi connectivity index (χ4n) is 2.72. The van der Waals surface area contributed by atoms with E-state index in [1.165, 1.54) is 21.1 Å². The Morgan fingerprint density at radius 1 is 1.43 bits per heavy atom. The summed E-state index contributed by atoms with van der Waals surface area (Å²) in [5.74, 6) is -1.33. The molecule has 0 bridgehead atoms. The number of carbonyl (C=O) groups is 2. The number of likely N-dealkylation sites (tertiary alicyclic amines) is 1. The summed E-state index contributed by atoms with van der Waals surface area (Å²) in [6.45, 7) is 4.24. The number of carboxylic acids is 1. The number of thiophene rings is 1. The zero-order chi connectivity index (χ0) is 15.6. The first-order valence-electron chi connectivity index (χ1n) is 7.31. The average Bonchev–Trinajstić information content (AvgIpc) is 3.02. The van der Waals surface area contributed by atoms with Gasteiger partial charge in [0.25, 0.3) is 5.91 Å². The Balaban J connectivity index is 2.25. The zero-order valence-electron chi connectivity index (χ0n) is 12.3. The first-order chi connectivity index (χ1) is 9.97. The van der Waals surface area contributed by atoms with E-state index in [1.807, 2.05) is 6.07 Å². The van der Waals surface area contributed by atoms with Crippen molar-refractivity contribution in [3.8, 4) is 0 Å². The van der Waals surface area contributed by atoms with E-state index in [0.717, 1.165) is 24.8 Å². The highest BCUT2D eigenvalue weighted by atomic mass is 32.1. The van der Waals surface area contributed by atoms with E-state index in [2.05, 4.69) is 13.8 Å². The molecule has 1 fully saturated rings. The van der Waals surface area contributed by atoms with E-state index in [0.29, 0.717) is 4.88 Å². The van der Waals surface area contributed by atoms with Crippen molar-refractivity contribution < 1.29 is 19.8 Å². The van der Waals surface area contributed by atoms with Crippen LogP contribution < -0.4 is 0 Å². The number of nitrogens with zero attached hydrogens (tertiary/aromatic N) is 1. The molecule has 1 aliphatic rings. The normalized spacial score (nSPS) is 21.8. The predicted molar refractivity (Wildman–Crippen MR) is 80.8 cm³/mol. The molecule has 1 saturated heterocycles. The summed E-state index contributed by atoms with van der Waals surface area (Å²) in [7, 11) is 0. The number of carbonyl (C=O) groups excluding carboxylic acids is 1. The van der Waals surface area contributed by atoms with Crippen molar-refractivity contribution in [3.63, 3.8) is 0 Å². The molecule has 5 nitrogen and oxygen atoms in total. The Morgan fingerprint density at radius 2 is 2.14 bits per heavy atom. The maximum absolute atomic E-state index is 12.6. The van der Waals surface area contributed by atoms with Gasteiger partial charge < -0.3 is 15.1 Å². The van der Waals surface area contributed by atoms with Gasteiger partial charge >= 0.3 is 5.97 Å².